The van der Waals surface area contributed by atoms with Crippen molar-refractivity contribution in [2.24, 2.45) is 0 Å². The molecule has 7 heteroatoms. The SMILES string of the molecule is CCC(C)N1CCN(Cc2c[nH]c3ccccc23)CC1.O=C(O)C(=O)O. The summed E-state index contributed by atoms with van der Waals surface area (Å²) in [6.07, 6.45) is 3.42. The zero-order valence-corrected chi connectivity index (χ0v) is 15.3. The van der Waals surface area contributed by atoms with E-state index in [0.717, 1.165) is 12.6 Å². The van der Waals surface area contributed by atoms with Gasteiger partial charge >= 0.3 is 11.9 Å². The number of carboxylic acids is 2. The summed E-state index contributed by atoms with van der Waals surface area (Å²) in [5.74, 6) is -3.65. The fourth-order valence-corrected chi connectivity index (χ4v) is 3.12. The number of hydrogen-bond acceptors (Lipinski definition) is 4. The number of hydrogen-bond donors (Lipinski definition) is 3. The number of H-pyrrole nitrogens is 1. The molecule has 0 amide bonds. The molecule has 2 aromatic rings. The fraction of sp³-hybridized carbons (Fsp3) is 0.474. The second kappa shape index (κ2) is 9.35. The van der Waals surface area contributed by atoms with Gasteiger partial charge in [-0.25, -0.2) is 9.59 Å². The van der Waals surface area contributed by atoms with Crippen LogP contribution in [0.2, 0.25) is 0 Å². The molecule has 1 fully saturated rings. The molecule has 1 aliphatic rings. The average molecular weight is 361 g/mol. The van der Waals surface area contributed by atoms with Gasteiger partial charge in [0.2, 0.25) is 0 Å². The van der Waals surface area contributed by atoms with Crippen molar-refractivity contribution >= 4 is 22.8 Å². The van der Waals surface area contributed by atoms with E-state index in [9.17, 15) is 0 Å². The Morgan fingerprint density at radius 1 is 1.12 bits per heavy atom. The second-order valence-corrected chi connectivity index (χ2v) is 6.54. The largest absolute Gasteiger partial charge is 0.473 e. The number of piperazine rings is 1. The van der Waals surface area contributed by atoms with Crippen LogP contribution in [-0.2, 0) is 16.1 Å². The van der Waals surface area contributed by atoms with Crippen LogP contribution in [0.4, 0.5) is 0 Å². The van der Waals surface area contributed by atoms with Crippen molar-refractivity contribution in [3.8, 4) is 0 Å². The van der Waals surface area contributed by atoms with Crippen LogP contribution in [0.15, 0.2) is 30.5 Å². The number of aromatic nitrogens is 1. The first-order valence-corrected chi connectivity index (χ1v) is 8.90. The summed E-state index contributed by atoms with van der Waals surface area (Å²) >= 11 is 0. The molecule has 1 unspecified atom stereocenters. The van der Waals surface area contributed by atoms with E-state index in [1.807, 2.05) is 0 Å². The molecule has 3 N–H and O–H groups in total. The van der Waals surface area contributed by atoms with Crippen LogP contribution in [0.5, 0.6) is 0 Å². The number of rotatable bonds is 4. The molecule has 1 aromatic heterocycles. The normalized spacial score (nSPS) is 16.7. The number of carbonyl (C=O) groups is 2. The Kier molecular flexibility index (Phi) is 7.17. The quantitative estimate of drug-likeness (QED) is 0.723. The van der Waals surface area contributed by atoms with Crippen molar-refractivity contribution in [2.75, 3.05) is 26.2 Å². The number of nitrogens with zero attached hydrogens (tertiary/aromatic N) is 2. The number of aromatic amines is 1. The zero-order valence-electron chi connectivity index (χ0n) is 15.3. The highest BCUT2D eigenvalue weighted by molar-refractivity contribution is 6.27. The highest BCUT2D eigenvalue weighted by atomic mass is 16.4. The Balaban J connectivity index is 0.000000352. The summed E-state index contributed by atoms with van der Waals surface area (Å²) in [5, 5.41) is 16.2. The molecule has 2 heterocycles. The summed E-state index contributed by atoms with van der Waals surface area (Å²) < 4.78 is 0. The molecular formula is C19H27N3O4. The molecule has 0 aliphatic carbocycles. The molecule has 7 nitrogen and oxygen atoms in total. The Labute approximate surface area is 153 Å². The van der Waals surface area contributed by atoms with E-state index in [4.69, 9.17) is 19.8 Å². The number of benzene rings is 1. The number of nitrogens with one attached hydrogen (secondary N) is 1. The van der Waals surface area contributed by atoms with Gasteiger partial charge in [-0.1, -0.05) is 25.1 Å². The number of carboxylic acid groups (broad SMARTS) is 2. The fourth-order valence-electron chi connectivity index (χ4n) is 3.12. The summed E-state index contributed by atoms with van der Waals surface area (Å²) in [6, 6.07) is 9.31. The molecule has 3 rings (SSSR count). The van der Waals surface area contributed by atoms with Crippen molar-refractivity contribution < 1.29 is 19.8 Å². The van der Waals surface area contributed by atoms with Gasteiger partial charge in [-0.2, -0.15) is 0 Å². The molecule has 142 valence electrons. The van der Waals surface area contributed by atoms with E-state index in [1.54, 1.807) is 0 Å². The van der Waals surface area contributed by atoms with Gasteiger partial charge in [-0.05, 0) is 25.0 Å². The maximum absolute atomic E-state index is 9.10. The van der Waals surface area contributed by atoms with Gasteiger partial charge in [0.05, 0.1) is 0 Å². The Bertz CT molecular complexity index is 723. The van der Waals surface area contributed by atoms with Crippen molar-refractivity contribution in [1.29, 1.82) is 0 Å². The predicted octanol–water partition coefficient (Wildman–Crippen LogP) is 2.24. The van der Waals surface area contributed by atoms with E-state index < -0.39 is 11.9 Å². The lowest BCUT2D eigenvalue weighted by Crippen LogP contribution is -2.48. The van der Waals surface area contributed by atoms with Gasteiger partial charge in [-0.3, -0.25) is 9.80 Å². The van der Waals surface area contributed by atoms with Gasteiger partial charge in [0.15, 0.2) is 0 Å². The molecule has 1 aromatic carbocycles. The lowest BCUT2D eigenvalue weighted by molar-refractivity contribution is -0.159. The maximum atomic E-state index is 9.10. The monoisotopic (exact) mass is 361 g/mol. The lowest BCUT2D eigenvalue weighted by Gasteiger charge is -2.37. The Morgan fingerprint density at radius 3 is 2.31 bits per heavy atom. The minimum absolute atomic E-state index is 0.727. The number of aliphatic carboxylic acids is 2. The first-order chi connectivity index (χ1) is 12.4. The van der Waals surface area contributed by atoms with E-state index in [1.165, 1.54) is 49.1 Å². The zero-order chi connectivity index (χ0) is 19.1. The van der Waals surface area contributed by atoms with Gasteiger partial charge < -0.3 is 15.2 Å². The smallest absolute Gasteiger partial charge is 0.414 e. The molecule has 0 spiro atoms. The molecule has 1 saturated heterocycles. The van der Waals surface area contributed by atoms with Crippen LogP contribution >= 0.6 is 0 Å². The van der Waals surface area contributed by atoms with Crippen molar-refractivity contribution in [3.05, 3.63) is 36.0 Å². The van der Waals surface area contributed by atoms with Crippen LogP contribution in [0.1, 0.15) is 25.8 Å². The van der Waals surface area contributed by atoms with E-state index >= 15 is 0 Å². The van der Waals surface area contributed by atoms with E-state index in [2.05, 4.69) is 59.1 Å². The Hall–Kier alpha value is -2.38. The van der Waals surface area contributed by atoms with Crippen LogP contribution in [0.3, 0.4) is 0 Å². The minimum Gasteiger partial charge on any atom is -0.473 e. The highest BCUT2D eigenvalue weighted by Gasteiger charge is 2.20. The van der Waals surface area contributed by atoms with E-state index in [-0.39, 0.29) is 0 Å². The van der Waals surface area contributed by atoms with Crippen LogP contribution < -0.4 is 0 Å². The van der Waals surface area contributed by atoms with Gasteiger partial charge in [0.1, 0.15) is 0 Å². The summed E-state index contributed by atoms with van der Waals surface area (Å²) in [5.41, 5.74) is 2.68. The van der Waals surface area contributed by atoms with Crippen LogP contribution in [-0.4, -0.2) is 69.2 Å². The molecule has 0 saturated carbocycles. The standard InChI is InChI=1S/C17H25N3.C2H2O4/c1-3-14(2)20-10-8-19(9-11-20)13-15-12-18-17-7-5-4-6-16(15)17;3-1(4)2(5)6/h4-7,12,14,18H,3,8-11,13H2,1-2H3;(H,3,4)(H,5,6). The predicted molar refractivity (Wildman–Crippen MR) is 100 cm³/mol. The average Bonchev–Trinajstić information content (AvgIpc) is 3.05. The van der Waals surface area contributed by atoms with Crippen LogP contribution in [0.25, 0.3) is 10.9 Å². The molecule has 1 atom stereocenters. The van der Waals surface area contributed by atoms with Gasteiger partial charge in [-0.15, -0.1) is 0 Å². The highest BCUT2D eigenvalue weighted by Crippen LogP contribution is 2.20. The minimum atomic E-state index is -1.82. The van der Waals surface area contributed by atoms with Gasteiger partial charge in [0.25, 0.3) is 0 Å². The third-order valence-electron chi connectivity index (χ3n) is 4.87. The molecular weight excluding hydrogens is 334 g/mol. The number of para-hydroxylation sites is 1. The first kappa shape index (κ1) is 19.9. The molecule has 0 radical (unpaired) electrons. The maximum Gasteiger partial charge on any atom is 0.414 e. The van der Waals surface area contributed by atoms with Crippen molar-refractivity contribution in [3.63, 3.8) is 0 Å². The van der Waals surface area contributed by atoms with Crippen LogP contribution in [0, 0.1) is 0 Å². The number of fused-ring (bicyclic) bond motifs is 1. The summed E-state index contributed by atoms with van der Waals surface area (Å²) in [4.78, 5) is 26.8. The molecule has 0 bridgehead atoms. The third kappa shape index (κ3) is 5.31. The summed E-state index contributed by atoms with van der Waals surface area (Å²) in [6.45, 7) is 10.5. The van der Waals surface area contributed by atoms with Crippen molar-refractivity contribution in [2.45, 2.75) is 32.9 Å². The molecule has 1 aliphatic heterocycles. The topological polar surface area (TPSA) is 96.9 Å². The Morgan fingerprint density at radius 2 is 1.73 bits per heavy atom. The lowest BCUT2D eigenvalue weighted by atomic mass is 10.1. The third-order valence-corrected chi connectivity index (χ3v) is 4.87. The molecule has 26 heavy (non-hydrogen) atoms. The van der Waals surface area contributed by atoms with Crippen molar-refractivity contribution in [1.82, 2.24) is 14.8 Å². The first-order valence-electron chi connectivity index (χ1n) is 8.90. The van der Waals surface area contributed by atoms with E-state index in [0.29, 0.717) is 0 Å². The summed E-state index contributed by atoms with van der Waals surface area (Å²) in [7, 11) is 0. The second-order valence-electron chi connectivity index (χ2n) is 6.54. The van der Waals surface area contributed by atoms with Gasteiger partial charge in [0, 0.05) is 55.9 Å².